The molecule has 0 bridgehead atoms. The molecule has 0 radical (unpaired) electrons. The number of rotatable bonds is 5. The first kappa shape index (κ1) is 14.3. The molecular weight excluding hydrogens is 280 g/mol. The molecule has 0 spiro atoms. The number of aromatic nitrogens is 2. The highest BCUT2D eigenvalue weighted by Gasteiger charge is 2.17. The first-order chi connectivity index (χ1) is 10.7. The zero-order valence-corrected chi connectivity index (χ0v) is 12.6. The monoisotopic (exact) mass is 298 g/mol. The molecule has 6 nitrogen and oxygen atoms in total. The fraction of sp³-hybridized carbons (Fsp3) is 0.312. The minimum atomic E-state index is -0.405. The zero-order valence-electron chi connectivity index (χ0n) is 12.6. The van der Waals surface area contributed by atoms with Crippen LogP contribution in [0.15, 0.2) is 35.0 Å². The molecule has 0 aliphatic rings. The molecule has 2 N–H and O–H groups in total. The molecule has 1 amide bonds. The predicted molar refractivity (Wildman–Crippen MR) is 85.7 cm³/mol. The number of amides is 1. The van der Waals surface area contributed by atoms with Crippen molar-refractivity contribution < 1.29 is 9.21 Å². The van der Waals surface area contributed by atoms with Gasteiger partial charge in [-0.2, -0.15) is 0 Å². The fourth-order valence-electron chi connectivity index (χ4n) is 2.30. The lowest BCUT2D eigenvalue weighted by atomic mass is 10.2. The minimum Gasteiger partial charge on any atom is -0.450 e. The molecule has 3 aromatic rings. The Bertz CT molecular complexity index is 812. The van der Waals surface area contributed by atoms with Gasteiger partial charge in [0.15, 0.2) is 11.4 Å². The maximum absolute atomic E-state index is 12.0. The molecule has 0 fully saturated rings. The number of carbonyl (C=O) groups is 1. The number of carbonyl (C=O) groups excluding carboxylic acids is 1. The molecule has 114 valence electrons. The third kappa shape index (κ3) is 2.59. The van der Waals surface area contributed by atoms with Gasteiger partial charge in [-0.25, -0.2) is 9.97 Å². The average Bonchev–Trinajstić information content (AvgIpc) is 2.92. The Kier molecular flexibility index (Phi) is 3.91. The van der Waals surface area contributed by atoms with E-state index in [9.17, 15) is 4.79 Å². The average molecular weight is 298 g/mol. The maximum Gasteiger partial charge on any atom is 0.242 e. The van der Waals surface area contributed by atoms with Crippen LogP contribution in [-0.4, -0.2) is 28.5 Å². The number of benzene rings is 1. The van der Waals surface area contributed by atoms with E-state index >= 15 is 0 Å². The van der Waals surface area contributed by atoms with Gasteiger partial charge in [-0.05, 0) is 25.5 Å². The number of anilines is 1. The summed E-state index contributed by atoms with van der Waals surface area (Å²) < 4.78 is 5.83. The van der Waals surface area contributed by atoms with Crippen LogP contribution in [0, 0.1) is 0 Å². The molecule has 0 aliphatic carbocycles. The molecule has 22 heavy (non-hydrogen) atoms. The van der Waals surface area contributed by atoms with Crippen molar-refractivity contribution in [1.82, 2.24) is 15.3 Å². The van der Waals surface area contributed by atoms with Crippen LogP contribution in [0.3, 0.4) is 0 Å². The van der Waals surface area contributed by atoms with E-state index in [1.165, 1.54) is 6.33 Å². The van der Waals surface area contributed by atoms with Gasteiger partial charge in [-0.15, -0.1) is 0 Å². The number of nitrogens with zero attached hydrogens (tertiary/aromatic N) is 2. The quantitative estimate of drug-likeness (QED) is 0.757. The van der Waals surface area contributed by atoms with Gasteiger partial charge in [0.05, 0.1) is 0 Å². The predicted octanol–water partition coefficient (Wildman–Crippen LogP) is 2.70. The van der Waals surface area contributed by atoms with Crippen LogP contribution in [0.1, 0.15) is 20.3 Å². The van der Waals surface area contributed by atoms with Crippen molar-refractivity contribution in [1.29, 1.82) is 0 Å². The van der Waals surface area contributed by atoms with Crippen LogP contribution < -0.4 is 10.6 Å². The molecule has 2 aromatic heterocycles. The van der Waals surface area contributed by atoms with E-state index in [0.29, 0.717) is 17.9 Å². The fourth-order valence-corrected chi connectivity index (χ4v) is 2.30. The van der Waals surface area contributed by atoms with Crippen molar-refractivity contribution in [2.75, 3.05) is 11.9 Å². The molecule has 1 atom stereocenters. The van der Waals surface area contributed by atoms with Crippen molar-refractivity contribution in [3.8, 4) is 0 Å². The van der Waals surface area contributed by atoms with Crippen molar-refractivity contribution in [3.05, 3.63) is 30.6 Å². The molecule has 0 saturated heterocycles. The first-order valence-corrected chi connectivity index (χ1v) is 7.37. The summed E-state index contributed by atoms with van der Waals surface area (Å²) in [7, 11) is 0. The van der Waals surface area contributed by atoms with Crippen LogP contribution in [0.4, 0.5) is 5.82 Å². The SMILES string of the molecule is CCCNC(=O)[C@H](C)Nc1ncnc2c1oc1ccccc12. The molecule has 3 rings (SSSR count). The normalized spacial score (nSPS) is 12.5. The van der Waals surface area contributed by atoms with Gasteiger partial charge in [0.2, 0.25) is 5.91 Å². The van der Waals surface area contributed by atoms with E-state index in [4.69, 9.17) is 4.42 Å². The largest absolute Gasteiger partial charge is 0.450 e. The van der Waals surface area contributed by atoms with Gasteiger partial charge in [0.25, 0.3) is 0 Å². The molecule has 6 heteroatoms. The number of para-hydroxylation sites is 1. The third-order valence-corrected chi connectivity index (χ3v) is 3.45. The van der Waals surface area contributed by atoms with Gasteiger partial charge in [0.1, 0.15) is 23.5 Å². The van der Waals surface area contributed by atoms with Crippen molar-refractivity contribution in [3.63, 3.8) is 0 Å². The molecular formula is C16H18N4O2. The van der Waals surface area contributed by atoms with E-state index in [0.717, 1.165) is 22.9 Å². The summed E-state index contributed by atoms with van der Waals surface area (Å²) in [6.45, 7) is 4.47. The molecule has 0 saturated carbocycles. The van der Waals surface area contributed by atoms with Crippen LogP contribution in [0.2, 0.25) is 0 Å². The second kappa shape index (κ2) is 6.01. The van der Waals surface area contributed by atoms with E-state index in [1.54, 1.807) is 6.92 Å². The first-order valence-electron chi connectivity index (χ1n) is 7.37. The van der Waals surface area contributed by atoms with Crippen LogP contribution in [0.25, 0.3) is 22.1 Å². The van der Waals surface area contributed by atoms with Gasteiger partial charge in [0, 0.05) is 11.9 Å². The smallest absolute Gasteiger partial charge is 0.242 e. The maximum atomic E-state index is 12.0. The number of hydrogen-bond acceptors (Lipinski definition) is 5. The summed E-state index contributed by atoms with van der Waals surface area (Å²) in [6.07, 6.45) is 2.38. The van der Waals surface area contributed by atoms with Crippen LogP contribution >= 0.6 is 0 Å². The Morgan fingerprint density at radius 2 is 2.14 bits per heavy atom. The van der Waals surface area contributed by atoms with E-state index < -0.39 is 6.04 Å². The summed E-state index contributed by atoms with van der Waals surface area (Å²) in [6, 6.07) is 7.28. The Morgan fingerprint density at radius 1 is 1.32 bits per heavy atom. The number of nitrogens with one attached hydrogen (secondary N) is 2. The second-order valence-corrected chi connectivity index (χ2v) is 5.16. The Balaban J connectivity index is 1.92. The summed E-state index contributed by atoms with van der Waals surface area (Å²) in [4.78, 5) is 20.5. The lowest BCUT2D eigenvalue weighted by Gasteiger charge is -2.14. The Hall–Kier alpha value is -2.63. The number of hydrogen-bond donors (Lipinski definition) is 2. The van der Waals surface area contributed by atoms with Crippen molar-refractivity contribution >= 4 is 33.8 Å². The number of fused-ring (bicyclic) bond motifs is 3. The van der Waals surface area contributed by atoms with Crippen LogP contribution in [-0.2, 0) is 4.79 Å². The highest BCUT2D eigenvalue weighted by molar-refractivity contribution is 6.05. The van der Waals surface area contributed by atoms with Gasteiger partial charge in [-0.1, -0.05) is 19.1 Å². The summed E-state index contributed by atoms with van der Waals surface area (Å²) in [5, 5.41) is 6.89. The van der Waals surface area contributed by atoms with E-state index in [2.05, 4.69) is 20.6 Å². The Labute approximate surface area is 127 Å². The van der Waals surface area contributed by atoms with Gasteiger partial charge < -0.3 is 15.1 Å². The molecule has 2 heterocycles. The summed E-state index contributed by atoms with van der Waals surface area (Å²) in [5.74, 6) is 0.463. The lowest BCUT2D eigenvalue weighted by Crippen LogP contribution is -2.38. The third-order valence-electron chi connectivity index (χ3n) is 3.45. The Morgan fingerprint density at radius 3 is 2.95 bits per heavy atom. The second-order valence-electron chi connectivity index (χ2n) is 5.16. The minimum absolute atomic E-state index is 0.0651. The zero-order chi connectivity index (χ0) is 15.5. The van der Waals surface area contributed by atoms with Gasteiger partial charge in [-0.3, -0.25) is 4.79 Å². The molecule has 1 aromatic carbocycles. The van der Waals surface area contributed by atoms with Gasteiger partial charge >= 0.3 is 0 Å². The molecule has 0 aliphatic heterocycles. The standard InChI is InChI=1S/C16H18N4O2/c1-3-8-17-16(21)10(2)20-15-14-13(18-9-19-15)11-6-4-5-7-12(11)22-14/h4-7,9-10H,3,8H2,1-2H3,(H,17,21)(H,18,19,20)/t10-/m0/s1. The molecule has 0 unspecified atom stereocenters. The topological polar surface area (TPSA) is 80.0 Å². The highest BCUT2D eigenvalue weighted by atomic mass is 16.3. The van der Waals surface area contributed by atoms with Crippen LogP contribution in [0.5, 0.6) is 0 Å². The highest BCUT2D eigenvalue weighted by Crippen LogP contribution is 2.30. The van der Waals surface area contributed by atoms with E-state index in [-0.39, 0.29) is 5.91 Å². The van der Waals surface area contributed by atoms with Crippen molar-refractivity contribution in [2.24, 2.45) is 0 Å². The lowest BCUT2D eigenvalue weighted by molar-refractivity contribution is -0.121. The summed E-state index contributed by atoms with van der Waals surface area (Å²) in [5.41, 5.74) is 2.07. The van der Waals surface area contributed by atoms with E-state index in [1.807, 2.05) is 31.2 Å². The van der Waals surface area contributed by atoms with Crippen molar-refractivity contribution in [2.45, 2.75) is 26.3 Å². The summed E-state index contributed by atoms with van der Waals surface area (Å²) >= 11 is 0. The number of furan rings is 1.